The molecule has 35 heavy (non-hydrogen) atoms. The van der Waals surface area contributed by atoms with Crippen molar-refractivity contribution >= 4 is 6.16 Å². The molecule has 0 amide bonds. The van der Waals surface area contributed by atoms with Crippen molar-refractivity contribution in [3.05, 3.63) is 11.1 Å². The number of phenols is 1. The largest absolute Gasteiger partial charge is 0.511 e. The van der Waals surface area contributed by atoms with Crippen molar-refractivity contribution in [2.75, 3.05) is 13.2 Å². The minimum absolute atomic E-state index is 0.0157. The van der Waals surface area contributed by atoms with Crippen molar-refractivity contribution in [2.45, 2.75) is 130 Å². The zero-order valence-electron chi connectivity index (χ0n) is 22.8. The second-order valence-corrected chi connectivity index (χ2v) is 9.39. The fourth-order valence-electron chi connectivity index (χ4n) is 4.35. The average Bonchev–Trinajstić information content (AvgIpc) is 2.84. The summed E-state index contributed by atoms with van der Waals surface area (Å²) in [6.45, 7) is 9.34. The number of rotatable bonds is 21. The highest BCUT2D eigenvalue weighted by atomic mass is 16.7. The van der Waals surface area contributed by atoms with E-state index in [0.29, 0.717) is 25.4 Å². The molecule has 0 heterocycles. The fourth-order valence-corrected chi connectivity index (χ4v) is 4.35. The van der Waals surface area contributed by atoms with Gasteiger partial charge < -0.3 is 24.4 Å². The predicted molar refractivity (Wildman–Crippen MR) is 142 cm³/mol. The Bertz CT molecular complexity index is 716. The minimum atomic E-state index is -1.43. The molecule has 1 aromatic carbocycles. The van der Waals surface area contributed by atoms with E-state index >= 15 is 0 Å². The van der Waals surface area contributed by atoms with Gasteiger partial charge in [0.05, 0.1) is 13.2 Å². The van der Waals surface area contributed by atoms with E-state index in [4.69, 9.17) is 14.2 Å². The third-order valence-corrected chi connectivity index (χ3v) is 6.20. The number of benzene rings is 1. The SMILES string of the molecule is CCCCCCCCc1c(CCCCCCCC)c(OCCC)c(OCCC)c(O)c1OC(=O)O. The van der Waals surface area contributed by atoms with Gasteiger partial charge in [0.15, 0.2) is 11.5 Å². The monoisotopic (exact) mass is 494 g/mol. The van der Waals surface area contributed by atoms with Gasteiger partial charge in [0.1, 0.15) is 0 Å². The Hall–Kier alpha value is -2.11. The lowest BCUT2D eigenvalue weighted by Crippen LogP contribution is -2.12. The maximum Gasteiger partial charge on any atom is 0.511 e. The van der Waals surface area contributed by atoms with Gasteiger partial charge in [-0.2, -0.15) is 0 Å². The molecule has 0 spiro atoms. The van der Waals surface area contributed by atoms with E-state index < -0.39 is 6.16 Å². The molecule has 0 saturated carbocycles. The molecule has 0 unspecified atom stereocenters. The first kappa shape index (κ1) is 30.9. The molecular formula is C29H50O6. The zero-order valence-corrected chi connectivity index (χ0v) is 22.8. The van der Waals surface area contributed by atoms with E-state index in [9.17, 15) is 15.0 Å². The smallest absolute Gasteiger partial charge is 0.502 e. The third kappa shape index (κ3) is 11.4. The van der Waals surface area contributed by atoms with Crippen LogP contribution in [-0.4, -0.2) is 29.6 Å². The van der Waals surface area contributed by atoms with Gasteiger partial charge >= 0.3 is 6.16 Å². The summed E-state index contributed by atoms with van der Waals surface area (Å²) < 4.78 is 17.3. The van der Waals surface area contributed by atoms with Crippen LogP contribution in [0.2, 0.25) is 0 Å². The number of aromatic hydroxyl groups is 1. The second-order valence-electron chi connectivity index (χ2n) is 9.39. The van der Waals surface area contributed by atoms with Crippen LogP contribution in [0.3, 0.4) is 0 Å². The molecule has 0 bridgehead atoms. The van der Waals surface area contributed by atoms with Crippen molar-refractivity contribution < 1.29 is 29.2 Å². The van der Waals surface area contributed by atoms with Crippen LogP contribution in [0.4, 0.5) is 4.79 Å². The summed E-state index contributed by atoms with van der Waals surface area (Å²) in [5.41, 5.74) is 1.69. The highest BCUT2D eigenvalue weighted by molar-refractivity contribution is 5.71. The molecule has 0 atom stereocenters. The van der Waals surface area contributed by atoms with Crippen molar-refractivity contribution in [1.82, 2.24) is 0 Å². The van der Waals surface area contributed by atoms with Crippen LogP contribution in [0.15, 0.2) is 0 Å². The van der Waals surface area contributed by atoms with Crippen LogP contribution >= 0.6 is 0 Å². The lowest BCUT2D eigenvalue weighted by Gasteiger charge is -2.23. The average molecular weight is 495 g/mol. The van der Waals surface area contributed by atoms with Crippen LogP contribution in [-0.2, 0) is 12.8 Å². The molecule has 0 aromatic heterocycles. The highest BCUT2D eigenvalue weighted by Gasteiger charge is 2.28. The number of unbranched alkanes of at least 4 members (excludes halogenated alkanes) is 10. The Morgan fingerprint density at radius 1 is 0.600 bits per heavy atom. The first-order chi connectivity index (χ1) is 17.0. The van der Waals surface area contributed by atoms with Gasteiger partial charge in [0, 0.05) is 11.1 Å². The molecule has 2 N–H and O–H groups in total. The van der Waals surface area contributed by atoms with Gasteiger partial charge in [0.25, 0.3) is 0 Å². The Kier molecular flexibility index (Phi) is 16.9. The first-order valence-electron chi connectivity index (χ1n) is 14.1. The number of hydrogen-bond acceptors (Lipinski definition) is 5. The van der Waals surface area contributed by atoms with E-state index in [2.05, 4.69) is 13.8 Å². The van der Waals surface area contributed by atoms with Gasteiger partial charge in [-0.15, -0.1) is 0 Å². The van der Waals surface area contributed by atoms with E-state index in [1.54, 1.807) is 0 Å². The van der Waals surface area contributed by atoms with Gasteiger partial charge in [-0.05, 0) is 38.5 Å². The number of phenolic OH excluding ortho intramolecular Hbond substituents is 1. The molecule has 6 nitrogen and oxygen atoms in total. The summed E-state index contributed by atoms with van der Waals surface area (Å²) >= 11 is 0. The maximum atomic E-state index is 11.6. The quantitative estimate of drug-likeness (QED) is 0.101. The molecule has 6 heteroatoms. The Morgan fingerprint density at radius 2 is 1.03 bits per heavy atom. The molecule has 1 rings (SSSR count). The van der Waals surface area contributed by atoms with Gasteiger partial charge in [-0.3, -0.25) is 0 Å². The number of hydrogen-bond donors (Lipinski definition) is 2. The Labute approximate surface area is 213 Å². The van der Waals surface area contributed by atoms with Crippen LogP contribution in [0, 0.1) is 0 Å². The predicted octanol–water partition coefficient (Wildman–Crippen LogP) is 8.83. The van der Waals surface area contributed by atoms with Crippen molar-refractivity contribution in [3.63, 3.8) is 0 Å². The van der Waals surface area contributed by atoms with E-state index in [1.807, 2.05) is 13.8 Å². The Morgan fingerprint density at radius 3 is 1.49 bits per heavy atom. The van der Waals surface area contributed by atoms with Crippen LogP contribution < -0.4 is 14.2 Å². The highest BCUT2D eigenvalue weighted by Crippen LogP contribution is 2.50. The topological polar surface area (TPSA) is 85.2 Å². The molecule has 0 saturated heterocycles. The van der Waals surface area contributed by atoms with Crippen molar-refractivity contribution in [1.29, 1.82) is 0 Å². The molecular weight excluding hydrogens is 444 g/mol. The number of carbonyl (C=O) groups is 1. The lowest BCUT2D eigenvalue weighted by molar-refractivity contribution is 0.141. The van der Waals surface area contributed by atoms with Crippen molar-refractivity contribution in [2.24, 2.45) is 0 Å². The second kappa shape index (κ2) is 19.1. The summed E-state index contributed by atoms with van der Waals surface area (Å²) in [5, 5.41) is 20.5. The summed E-state index contributed by atoms with van der Waals surface area (Å²) in [6.07, 6.45) is 15.2. The summed E-state index contributed by atoms with van der Waals surface area (Å²) in [5.74, 6) is 0.524. The molecule has 0 fully saturated rings. The van der Waals surface area contributed by atoms with Crippen LogP contribution in [0.25, 0.3) is 0 Å². The van der Waals surface area contributed by atoms with Gasteiger partial charge in [-0.25, -0.2) is 4.79 Å². The fraction of sp³-hybridized carbons (Fsp3) is 0.759. The van der Waals surface area contributed by atoms with E-state index in [1.165, 1.54) is 44.9 Å². The summed E-state index contributed by atoms with van der Waals surface area (Å²) in [4.78, 5) is 11.6. The van der Waals surface area contributed by atoms with Gasteiger partial charge in [-0.1, -0.05) is 91.9 Å². The summed E-state index contributed by atoms with van der Waals surface area (Å²) in [7, 11) is 0. The molecule has 0 aliphatic heterocycles. The molecule has 0 aliphatic carbocycles. The molecule has 0 radical (unpaired) electrons. The minimum Gasteiger partial charge on any atom is -0.502 e. The van der Waals surface area contributed by atoms with Gasteiger partial charge in [0.2, 0.25) is 11.5 Å². The lowest BCUT2D eigenvalue weighted by atomic mass is 9.93. The molecule has 202 valence electrons. The Balaban J connectivity index is 3.36. The molecule has 1 aromatic rings. The maximum absolute atomic E-state index is 11.6. The van der Waals surface area contributed by atoms with Crippen LogP contribution in [0.5, 0.6) is 23.0 Å². The number of ether oxygens (including phenoxy) is 3. The standard InChI is InChI=1S/C29H50O6/c1-5-9-11-13-15-17-19-23-24(20-18-16-14-12-10-6-2)27(33-21-7-3)28(34-22-8-4)25(30)26(23)35-29(31)32/h30H,5-22H2,1-4H3,(H,31,32). The zero-order chi connectivity index (χ0) is 25.9. The van der Waals surface area contributed by atoms with E-state index in [-0.39, 0.29) is 17.2 Å². The van der Waals surface area contributed by atoms with E-state index in [0.717, 1.165) is 62.5 Å². The van der Waals surface area contributed by atoms with Crippen LogP contribution in [0.1, 0.15) is 129 Å². The van der Waals surface area contributed by atoms with Crippen molar-refractivity contribution in [3.8, 4) is 23.0 Å². The summed E-state index contributed by atoms with van der Waals surface area (Å²) in [6, 6.07) is 0. The normalized spacial score (nSPS) is 11.0. The third-order valence-electron chi connectivity index (χ3n) is 6.20. The first-order valence-corrected chi connectivity index (χ1v) is 14.1. The molecule has 0 aliphatic rings. The number of carboxylic acid groups (broad SMARTS) is 1.